The zero-order chi connectivity index (χ0) is 6.12. The average Bonchev–Trinajstić information content (AvgIpc) is 1.69. The van der Waals surface area contributed by atoms with E-state index < -0.39 is 0 Å². The van der Waals surface area contributed by atoms with E-state index in [1.807, 2.05) is 19.9 Å². The lowest BCUT2D eigenvalue weighted by Crippen LogP contribution is -1.38. The van der Waals surface area contributed by atoms with Crippen molar-refractivity contribution in [2.24, 2.45) is 0 Å². The molecule has 0 atom stereocenters. The Morgan fingerprint density at radius 2 is 2.00 bits per heavy atom. The molecule has 0 aliphatic heterocycles. The summed E-state index contributed by atoms with van der Waals surface area (Å²) in [6.45, 7) is 7.07. The van der Waals surface area contributed by atoms with E-state index in [-0.39, 0.29) is 0 Å². The molecule has 1 heteroatoms. The van der Waals surface area contributed by atoms with Gasteiger partial charge < -0.3 is 0 Å². The van der Waals surface area contributed by atoms with Crippen molar-refractivity contribution >= 4 is 0 Å². The Morgan fingerprint density at radius 3 is 2.00 bits per heavy atom. The lowest BCUT2D eigenvalue weighted by molar-refractivity contribution is 1.22. The summed E-state index contributed by atoms with van der Waals surface area (Å²) in [5.41, 5.74) is 0. The topological polar surface area (TPSA) is 23.8 Å². The monoisotopic (exact) mass is 97.1 g/mol. The fourth-order valence-corrected chi connectivity index (χ4v) is 0. The number of hydrogen-bond donors (Lipinski definition) is 0. The summed E-state index contributed by atoms with van der Waals surface area (Å²) in [6.07, 6.45) is 2.38. The van der Waals surface area contributed by atoms with Gasteiger partial charge >= 0.3 is 0 Å². The largest absolute Gasteiger partial charge is 0.198 e. The molecule has 0 aromatic heterocycles. The van der Waals surface area contributed by atoms with E-state index in [0.29, 0.717) is 6.42 Å². The van der Waals surface area contributed by atoms with Crippen molar-refractivity contribution in [3.63, 3.8) is 0 Å². The summed E-state index contributed by atoms with van der Waals surface area (Å²) in [4.78, 5) is 0. The maximum absolute atomic E-state index is 7.62. The van der Waals surface area contributed by atoms with Gasteiger partial charge in [-0.2, -0.15) is 5.26 Å². The van der Waals surface area contributed by atoms with E-state index in [0.717, 1.165) is 0 Å². The number of nitriles is 1. The first-order chi connectivity index (χ1) is 3.33. The van der Waals surface area contributed by atoms with Crippen molar-refractivity contribution in [2.45, 2.75) is 20.3 Å². The third kappa shape index (κ3) is 1030. The molecule has 40 valence electrons. The molecule has 0 unspecified atom stereocenters. The van der Waals surface area contributed by atoms with Gasteiger partial charge in [0.25, 0.3) is 0 Å². The van der Waals surface area contributed by atoms with Crippen molar-refractivity contribution in [3.8, 4) is 6.07 Å². The highest BCUT2D eigenvalue weighted by molar-refractivity contribution is 4.61. The van der Waals surface area contributed by atoms with E-state index in [1.54, 1.807) is 6.08 Å². The molecule has 0 aliphatic rings. The second-order valence-electron chi connectivity index (χ2n) is 0.920. The van der Waals surface area contributed by atoms with Gasteiger partial charge in [0, 0.05) is 6.42 Å². The van der Waals surface area contributed by atoms with E-state index in [2.05, 4.69) is 6.58 Å². The number of rotatable bonds is 0. The van der Waals surface area contributed by atoms with Crippen LogP contribution in [0.5, 0.6) is 0 Å². The van der Waals surface area contributed by atoms with Gasteiger partial charge in [0.15, 0.2) is 0 Å². The standard InChI is InChI=1S/C3H5N.C3H6/c1-2-3-4;1-3-2/h2H2,1H3;3H,1H2,2H3. The molecule has 0 bridgehead atoms. The Morgan fingerprint density at radius 1 is 1.86 bits per heavy atom. The average molecular weight is 97.2 g/mol. The summed E-state index contributed by atoms with van der Waals surface area (Å²) in [5.74, 6) is 0. The Labute approximate surface area is 45.3 Å². The van der Waals surface area contributed by atoms with Crippen LogP contribution in [0.3, 0.4) is 0 Å². The minimum absolute atomic E-state index is 0.625. The lowest BCUT2D eigenvalue weighted by atomic mass is 10.6. The van der Waals surface area contributed by atoms with Crippen LogP contribution in [0.25, 0.3) is 0 Å². The molecule has 0 saturated carbocycles. The molecule has 7 heavy (non-hydrogen) atoms. The molecule has 0 N–H and O–H groups in total. The number of nitrogens with zero attached hydrogens (tertiary/aromatic N) is 1. The first-order valence-corrected chi connectivity index (χ1v) is 2.27. The fraction of sp³-hybridized carbons (Fsp3) is 0.500. The minimum Gasteiger partial charge on any atom is -0.198 e. The van der Waals surface area contributed by atoms with E-state index >= 15 is 0 Å². The number of hydrogen-bond acceptors (Lipinski definition) is 1. The molecule has 0 heterocycles. The van der Waals surface area contributed by atoms with Crippen LogP contribution >= 0.6 is 0 Å². The molecule has 0 aliphatic carbocycles. The van der Waals surface area contributed by atoms with Gasteiger partial charge in [0.2, 0.25) is 0 Å². The van der Waals surface area contributed by atoms with Gasteiger partial charge in [-0.1, -0.05) is 13.0 Å². The highest BCUT2D eigenvalue weighted by Gasteiger charge is 1.49. The third-order valence-electron chi connectivity index (χ3n) is 0.158. The van der Waals surface area contributed by atoms with Crippen molar-refractivity contribution < 1.29 is 0 Å². The Kier molecular flexibility index (Phi) is 25.6. The Bertz CT molecular complexity index is 59.1. The van der Waals surface area contributed by atoms with Crippen LogP contribution in [-0.4, -0.2) is 0 Å². The summed E-state index contributed by atoms with van der Waals surface area (Å²) in [5, 5.41) is 7.62. The molecule has 0 spiro atoms. The predicted octanol–water partition coefficient (Wildman–Crippen LogP) is 2.11. The molecule has 0 aromatic carbocycles. The highest BCUT2D eigenvalue weighted by atomic mass is 14.2. The molecule has 0 radical (unpaired) electrons. The van der Waals surface area contributed by atoms with Crippen molar-refractivity contribution in [2.75, 3.05) is 0 Å². The van der Waals surface area contributed by atoms with Gasteiger partial charge in [-0.15, -0.1) is 6.58 Å². The molecule has 1 nitrogen and oxygen atoms in total. The molecule has 0 aromatic rings. The van der Waals surface area contributed by atoms with Gasteiger partial charge in [-0.25, -0.2) is 0 Å². The van der Waals surface area contributed by atoms with Gasteiger partial charge in [-0.3, -0.25) is 0 Å². The zero-order valence-corrected chi connectivity index (χ0v) is 4.94. The van der Waals surface area contributed by atoms with Crippen LogP contribution in [0.4, 0.5) is 0 Å². The first-order valence-electron chi connectivity index (χ1n) is 2.27. The maximum atomic E-state index is 7.62. The molecule has 0 amide bonds. The highest BCUT2D eigenvalue weighted by Crippen LogP contribution is 1.58. The van der Waals surface area contributed by atoms with Gasteiger partial charge in [0.1, 0.15) is 0 Å². The van der Waals surface area contributed by atoms with Crippen molar-refractivity contribution in [1.29, 1.82) is 5.26 Å². The van der Waals surface area contributed by atoms with Crippen LogP contribution in [0.2, 0.25) is 0 Å². The second kappa shape index (κ2) is 18.8. The third-order valence-corrected chi connectivity index (χ3v) is 0.158. The first kappa shape index (κ1) is 9.52. The second-order valence-corrected chi connectivity index (χ2v) is 0.920. The van der Waals surface area contributed by atoms with E-state index in [4.69, 9.17) is 5.26 Å². The van der Waals surface area contributed by atoms with Crippen LogP contribution in [0.15, 0.2) is 12.7 Å². The van der Waals surface area contributed by atoms with Gasteiger partial charge in [-0.05, 0) is 6.92 Å². The smallest absolute Gasteiger partial charge is 0.0618 e. The SMILES string of the molecule is C=CC.CCC#N. The normalized spacial score (nSPS) is 4.71. The lowest BCUT2D eigenvalue weighted by Gasteiger charge is -1.47. The van der Waals surface area contributed by atoms with Crippen LogP contribution in [0, 0.1) is 11.3 Å². The minimum atomic E-state index is 0.625. The molecular weight excluding hydrogens is 86.1 g/mol. The molecule has 0 fully saturated rings. The Balaban J connectivity index is 0. The fourth-order valence-electron chi connectivity index (χ4n) is 0. The maximum Gasteiger partial charge on any atom is 0.0618 e. The number of allylic oxidation sites excluding steroid dienone is 1. The zero-order valence-electron chi connectivity index (χ0n) is 4.94. The van der Waals surface area contributed by atoms with Gasteiger partial charge in [0.05, 0.1) is 6.07 Å². The van der Waals surface area contributed by atoms with Crippen LogP contribution in [-0.2, 0) is 0 Å². The van der Waals surface area contributed by atoms with Crippen LogP contribution in [0.1, 0.15) is 20.3 Å². The van der Waals surface area contributed by atoms with E-state index in [9.17, 15) is 0 Å². The Hall–Kier alpha value is -0.770. The summed E-state index contributed by atoms with van der Waals surface area (Å²) in [6, 6.07) is 1.93. The molecular formula is C6H11N. The van der Waals surface area contributed by atoms with Crippen molar-refractivity contribution in [1.82, 2.24) is 0 Å². The van der Waals surface area contributed by atoms with E-state index in [1.165, 1.54) is 0 Å². The van der Waals surface area contributed by atoms with Crippen molar-refractivity contribution in [3.05, 3.63) is 12.7 Å². The quantitative estimate of drug-likeness (QED) is 0.425. The molecule has 0 rings (SSSR count). The summed E-state index contributed by atoms with van der Waals surface area (Å²) in [7, 11) is 0. The van der Waals surface area contributed by atoms with Crippen LogP contribution < -0.4 is 0 Å². The summed E-state index contributed by atoms with van der Waals surface area (Å²) < 4.78 is 0. The summed E-state index contributed by atoms with van der Waals surface area (Å²) >= 11 is 0. The predicted molar refractivity (Wildman–Crippen MR) is 31.8 cm³/mol. The molecule has 0 saturated heterocycles.